The molecule has 2 bridgehead atoms. The predicted octanol–water partition coefficient (Wildman–Crippen LogP) is 1.25. The molecule has 1 aromatic heterocycles. The van der Waals surface area contributed by atoms with Crippen molar-refractivity contribution >= 4 is 16.9 Å². The van der Waals surface area contributed by atoms with E-state index in [9.17, 15) is 4.79 Å². The molecule has 3 fully saturated rings. The minimum Gasteiger partial charge on any atom is -0.334 e. The van der Waals surface area contributed by atoms with Gasteiger partial charge in [0.15, 0.2) is 11.0 Å². The Labute approximate surface area is 135 Å². The van der Waals surface area contributed by atoms with E-state index < -0.39 is 0 Å². The number of fused-ring (bicyclic) bond motifs is 3. The molecule has 1 atom stereocenters. The third-order valence-corrected chi connectivity index (χ3v) is 6.07. The molecular weight excluding hydrogens is 288 g/mol. The fourth-order valence-electron chi connectivity index (χ4n) is 4.78. The summed E-state index contributed by atoms with van der Waals surface area (Å²) < 4.78 is 2.19. The van der Waals surface area contributed by atoms with E-state index in [4.69, 9.17) is 0 Å². The number of amides is 1. The number of benzene rings is 1. The fraction of sp³-hybridized carbons (Fsp3) is 0.556. The molecule has 0 spiro atoms. The number of imidazole rings is 1. The molecule has 23 heavy (non-hydrogen) atoms. The molecule has 1 unspecified atom stereocenters. The number of carbonyl (C=O) groups is 1. The van der Waals surface area contributed by atoms with Crippen LogP contribution in [0.4, 0.5) is 0 Å². The van der Waals surface area contributed by atoms with E-state index in [0.29, 0.717) is 5.92 Å². The van der Waals surface area contributed by atoms with E-state index in [0.717, 1.165) is 42.1 Å². The van der Waals surface area contributed by atoms with E-state index in [1.165, 1.54) is 32.5 Å². The minimum atomic E-state index is 0.206. The summed E-state index contributed by atoms with van der Waals surface area (Å²) in [7, 11) is 0. The van der Waals surface area contributed by atoms with Crippen LogP contribution in [0.5, 0.6) is 0 Å². The first-order chi connectivity index (χ1) is 11.3. The number of para-hydroxylation sites is 1. The first kappa shape index (κ1) is 13.5. The van der Waals surface area contributed by atoms with Crippen molar-refractivity contribution in [3.8, 4) is 0 Å². The Kier molecular flexibility index (Phi) is 2.98. The molecule has 5 nitrogen and oxygen atoms in total. The van der Waals surface area contributed by atoms with E-state index in [1.807, 2.05) is 24.5 Å². The van der Waals surface area contributed by atoms with Gasteiger partial charge in [-0.1, -0.05) is 6.07 Å². The lowest BCUT2D eigenvalue weighted by molar-refractivity contribution is -0.669. The Morgan fingerprint density at radius 3 is 2.87 bits per heavy atom. The molecule has 5 heteroatoms. The lowest BCUT2D eigenvalue weighted by atomic mass is 9.79. The molecular formula is C18H23N4O+. The van der Waals surface area contributed by atoms with Gasteiger partial charge >= 0.3 is 0 Å². The molecule has 4 aliphatic rings. The van der Waals surface area contributed by atoms with Crippen LogP contribution in [0.1, 0.15) is 23.2 Å². The summed E-state index contributed by atoms with van der Waals surface area (Å²) in [6, 6.07) is 6.00. The van der Waals surface area contributed by atoms with Gasteiger partial charge < -0.3 is 9.80 Å². The van der Waals surface area contributed by atoms with Crippen LogP contribution in [0, 0.1) is 11.8 Å². The summed E-state index contributed by atoms with van der Waals surface area (Å²) in [6.07, 6.45) is 4.63. The van der Waals surface area contributed by atoms with Crippen molar-refractivity contribution in [2.24, 2.45) is 11.8 Å². The lowest BCUT2D eigenvalue weighted by Gasteiger charge is -2.46. The number of nitrogens with one attached hydrogen (secondary N) is 1. The summed E-state index contributed by atoms with van der Waals surface area (Å²) in [5, 5.41) is 0. The number of rotatable bonds is 2. The second-order valence-corrected chi connectivity index (χ2v) is 7.32. The second-order valence-electron chi connectivity index (χ2n) is 7.32. The molecule has 6 rings (SSSR count). The van der Waals surface area contributed by atoms with Crippen molar-refractivity contribution in [1.29, 1.82) is 0 Å². The molecule has 4 aliphatic heterocycles. The molecule has 1 amide bonds. The van der Waals surface area contributed by atoms with Gasteiger partial charge in [-0.25, -0.2) is 9.55 Å². The van der Waals surface area contributed by atoms with Crippen molar-refractivity contribution < 1.29 is 9.36 Å². The van der Waals surface area contributed by atoms with Crippen LogP contribution in [0.15, 0.2) is 24.5 Å². The first-order valence-corrected chi connectivity index (χ1v) is 8.81. The van der Waals surface area contributed by atoms with Crippen LogP contribution in [0.25, 0.3) is 11.0 Å². The zero-order valence-electron chi connectivity index (χ0n) is 13.4. The van der Waals surface area contributed by atoms with Crippen LogP contribution in [-0.4, -0.2) is 53.4 Å². The third kappa shape index (κ3) is 2.10. The maximum absolute atomic E-state index is 13.1. The fourth-order valence-corrected chi connectivity index (χ4v) is 4.78. The van der Waals surface area contributed by atoms with Gasteiger partial charge in [0.1, 0.15) is 6.54 Å². The summed E-state index contributed by atoms with van der Waals surface area (Å²) in [5.41, 5.74) is 2.97. The maximum Gasteiger partial charge on any atom is 0.258 e. The molecule has 0 radical (unpaired) electrons. The van der Waals surface area contributed by atoms with Gasteiger partial charge in [-0.05, 0) is 49.9 Å². The van der Waals surface area contributed by atoms with Crippen molar-refractivity contribution in [3.63, 3.8) is 0 Å². The predicted molar refractivity (Wildman–Crippen MR) is 87.1 cm³/mol. The molecule has 0 saturated carbocycles. The zero-order chi connectivity index (χ0) is 15.4. The highest BCUT2D eigenvalue weighted by Crippen LogP contribution is 2.33. The van der Waals surface area contributed by atoms with Gasteiger partial charge in [0.2, 0.25) is 6.33 Å². The van der Waals surface area contributed by atoms with Gasteiger partial charge in [0, 0.05) is 13.1 Å². The van der Waals surface area contributed by atoms with Gasteiger partial charge in [0.25, 0.3) is 5.91 Å². The molecule has 1 aromatic carbocycles. The van der Waals surface area contributed by atoms with Crippen LogP contribution in [0.2, 0.25) is 0 Å². The average molecular weight is 311 g/mol. The number of piperidine rings is 3. The number of carbonyl (C=O) groups excluding carboxylic acids is 1. The van der Waals surface area contributed by atoms with E-state index in [1.54, 1.807) is 0 Å². The molecule has 0 aliphatic carbocycles. The molecule has 5 heterocycles. The van der Waals surface area contributed by atoms with Crippen molar-refractivity contribution in [1.82, 2.24) is 14.8 Å². The Balaban J connectivity index is 1.44. The highest BCUT2D eigenvalue weighted by molar-refractivity contribution is 6.03. The minimum absolute atomic E-state index is 0.206. The van der Waals surface area contributed by atoms with Crippen LogP contribution in [-0.2, 0) is 6.54 Å². The maximum atomic E-state index is 13.1. The topological polar surface area (TPSA) is 43.2 Å². The smallest absolute Gasteiger partial charge is 0.258 e. The van der Waals surface area contributed by atoms with Crippen molar-refractivity contribution in [2.45, 2.75) is 19.4 Å². The highest BCUT2D eigenvalue weighted by atomic mass is 16.2. The van der Waals surface area contributed by atoms with Gasteiger partial charge in [0.05, 0.1) is 12.1 Å². The van der Waals surface area contributed by atoms with Crippen LogP contribution in [0.3, 0.4) is 0 Å². The normalized spacial score (nSPS) is 30.0. The van der Waals surface area contributed by atoms with Gasteiger partial charge in [-0.15, -0.1) is 0 Å². The second kappa shape index (κ2) is 5.06. The Morgan fingerprint density at radius 1 is 1.22 bits per heavy atom. The standard InChI is InChI=1S/C18H22N4O/c23-18-15-2-1-3-16-17(15)22(12-19-16)9-8-21(18)11-14-10-20-6-4-13(14)5-7-20/h1-3,12-14H,4-11H2/p+1. The van der Waals surface area contributed by atoms with Crippen molar-refractivity contribution in [3.05, 3.63) is 30.1 Å². The lowest BCUT2D eigenvalue weighted by Crippen LogP contribution is -2.52. The summed E-state index contributed by atoms with van der Waals surface area (Å²) in [4.78, 5) is 21.0. The quantitative estimate of drug-likeness (QED) is 0.849. The molecule has 120 valence electrons. The number of aromatic nitrogens is 2. The van der Waals surface area contributed by atoms with Crippen LogP contribution >= 0.6 is 0 Å². The van der Waals surface area contributed by atoms with E-state index in [-0.39, 0.29) is 5.91 Å². The van der Waals surface area contributed by atoms with Gasteiger partial charge in [-0.3, -0.25) is 4.79 Å². The number of hydrogen-bond donors (Lipinski definition) is 1. The number of nitrogens with zero attached hydrogens (tertiary/aromatic N) is 3. The van der Waals surface area contributed by atoms with E-state index >= 15 is 0 Å². The summed E-state index contributed by atoms with van der Waals surface area (Å²) in [6.45, 7) is 6.31. The molecule has 2 aromatic rings. The molecule has 1 N–H and O–H groups in total. The average Bonchev–Trinajstić information content (AvgIpc) is 2.96. The summed E-state index contributed by atoms with van der Waals surface area (Å²) in [5.74, 6) is 1.68. The Morgan fingerprint density at radius 2 is 2.09 bits per heavy atom. The van der Waals surface area contributed by atoms with Gasteiger partial charge in [-0.2, -0.15) is 0 Å². The number of H-pyrrole nitrogens is 1. The Bertz CT molecular complexity index is 759. The summed E-state index contributed by atoms with van der Waals surface area (Å²) >= 11 is 0. The number of aromatic amines is 1. The number of hydrogen-bond acceptors (Lipinski definition) is 2. The zero-order valence-corrected chi connectivity index (χ0v) is 13.4. The Hall–Kier alpha value is -1.88. The van der Waals surface area contributed by atoms with Crippen molar-refractivity contribution in [2.75, 3.05) is 32.7 Å². The monoisotopic (exact) mass is 311 g/mol. The largest absolute Gasteiger partial charge is 0.334 e. The van der Waals surface area contributed by atoms with E-state index in [2.05, 4.69) is 19.4 Å². The SMILES string of the molecule is O=C1c2cccc3[nH]c[n+](c23)CCN1CC1CN2CCC1CC2. The third-order valence-electron chi connectivity index (χ3n) is 6.07. The first-order valence-electron chi connectivity index (χ1n) is 8.81. The highest BCUT2D eigenvalue weighted by Gasteiger charge is 2.37. The molecule has 3 saturated heterocycles. The van der Waals surface area contributed by atoms with Crippen LogP contribution < -0.4 is 4.57 Å².